The van der Waals surface area contributed by atoms with Crippen LogP contribution >= 0.6 is 0 Å². The monoisotopic (exact) mass is 276 g/mol. The zero-order valence-electron chi connectivity index (χ0n) is 9.05. The minimum absolute atomic E-state index is 0.107. The summed E-state index contributed by atoms with van der Waals surface area (Å²) < 4.78 is 63.8. The fourth-order valence-corrected chi connectivity index (χ4v) is 1.45. The van der Waals surface area contributed by atoms with Crippen molar-refractivity contribution in [2.75, 3.05) is 0 Å². The Morgan fingerprint density at radius 2 is 1.79 bits per heavy atom. The Bertz CT molecular complexity index is 657. The lowest BCUT2D eigenvalue weighted by molar-refractivity contribution is -0.140. The Labute approximate surface area is 102 Å². The second kappa shape index (κ2) is 4.45. The highest BCUT2D eigenvalue weighted by Crippen LogP contribution is 2.34. The third kappa shape index (κ3) is 2.61. The minimum Gasteiger partial charge on any atom is -0.268 e. The number of nitrogens with one attached hydrogen (secondary N) is 1. The topological polar surface area (TPSA) is 45.8 Å². The molecule has 2 aromatic rings. The normalized spacial score (nSPS) is 11.6. The van der Waals surface area contributed by atoms with Crippen LogP contribution in [0.1, 0.15) is 5.56 Å². The largest absolute Gasteiger partial charge is 0.419 e. The van der Waals surface area contributed by atoms with Crippen molar-refractivity contribution in [3.8, 4) is 11.3 Å². The van der Waals surface area contributed by atoms with E-state index in [0.29, 0.717) is 12.1 Å². The molecule has 0 unspecified atom stereocenters. The number of nitrogens with zero attached hydrogens (tertiary/aromatic N) is 1. The number of rotatable bonds is 1. The van der Waals surface area contributed by atoms with Gasteiger partial charge in [0.05, 0.1) is 11.3 Å². The van der Waals surface area contributed by atoms with Gasteiger partial charge in [0.15, 0.2) is 11.6 Å². The second-order valence-electron chi connectivity index (χ2n) is 3.62. The molecule has 0 aliphatic heterocycles. The van der Waals surface area contributed by atoms with Gasteiger partial charge in [0, 0.05) is 11.6 Å². The Kier molecular flexibility index (Phi) is 3.09. The summed E-state index contributed by atoms with van der Waals surface area (Å²) in [5.74, 6) is -3.61. The maximum atomic E-state index is 13.2. The zero-order chi connectivity index (χ0) is 14.2. The van der Waals surface area contributed by atoms with E-state index >= 15 is 0 Å². The molecule has 0 spiro atoms. The number of aromatic nitrogens is 2. The van der Waals surface area contributed by atoms with Crippen molar-refractivity contribution < 1.29 is 22.0 Å². The van der Waals surface area contributed by atoms with Gasteiger partial charge < -0.3 is 0 Å². The first-order chi connectivity index (χ1) is 8.79. The molecule has 100 valence electrons. The number of alkyl halides is 3. The molecule has 0 aliphatic carbocycles. The van der Waals surface area contributed by atoms with Gasteiger partial charge in [0.1, 0.15) is 0 Å². The molecule has 1 aromatic heterocycles. The number of hydrogen-bond acceptors (Lipinski definition) is 2. The van der Waals surface area contributed by atoms with Crippen LogP contribution in [0.15, 0.2) is 29.1 Å². The average molecular weight is 276 g/mol. The molecule has 0 aliphatic rings. The summed E-state index contributed by atoms with van der Waals surface area (Å²) in [6.45, 7) is 0. The van der Waals surface area contributed by atoms with Crippen molar-refractivity contribution in [2.24, 2.45) is 0 Å². The van der Waals surface area contributed by atoms with E-state index in [2.05, 4.69) is 5.10 Å². The summed E-state index contributed by atoms with van der Waals surface area (Å²) in [7, 11) is 0. The lowest BCUT2D eigenvalue weighted by Gasteiger charge is -2.10. The predicted octanol–water partition coefficient (Wildman–Crippen LogP) is 2.73. The number of H-pyrrole nitrogens is 1. The summed E-state index contributed by atoms with van der Waals surface area (Å²) in [5, 5.41) is 5.44. The van der Waals surface area contributed by atoms with Gasteiger partial charge in [0.2, 0.25) is 0 Å². The molecule has 0 saturated heterocycles. The first-order valence-electron chi connectivity index (χ1n) is 4.91. The molecule has 0 amide bonds. The standard InChI is InChI=1S/C11H5F5N2O/c12-7-4-5(8-1-2-9(19)18-17-8)3-6(10(7)13)11(14,15)16/h1-4H,(H,18,19). The molecule has 1 heterocycles. The molecular formula is C11H5F5N2O. The van der Waals surface area contributed by atoms with Crippen LogP contribution in [0.25, 0.3) is 11.3 Å². The van der Waals surface area contributed by atoms with Gasteiger partial charge >= 0.3 is 6.18 Å². The van der Waals surface area contributed by atoms with Crippen molar-refractivity contribution in [1.82, 2.24) is 10.2 Å². The summed E-state index contributed by atoms with van der Waals surface area (Å²) in [5.41, 5.74) is -2.69. The minimum atomic E-state index is -5.02. The van der Waals surface area contributed by atoms with Crippen LogP contribution < -0.4 is 5.56 Å². The third-order valence-electron chi connectivity index (χ3n) is 2.31. The fraction of sp³-hybridized carbons (Fsp3) is 0.0909. The molecule has 3 nitrogen and oxygen atoms in total. The average Bonchev–Trinajstić information content (AvgIpc) is 2.32. The van der Waals surface area contributed by atoms with Crippen LogP contribution in [0.2, 0.25) is 0 Å². The SMILES string of the molecule is O=c1ccc(-c2cc(F)c(F)c(C(F)(F)F)c2)n[nH]1. The summed E-state index contributed by atoms with van der Waals surface area (Å²) in [6, 6.07) is 3.12. The van der Waals surface area contributed by atoms with Gasteiger partial charge in [-0.1, -0.05) is 0 Å². The molecule has 1 aromatic carbocycles. The van der Waals surface area contributed by atoms with E-state index in [1.165, 1.54) is 0 Å². The number of aromatic amines is 1. The van der Waals surface area contributed by atoms with Gasteiger partial charge in [-0.2, -0.15) is 18.3 Å². The van der Waals surface area contributed by atoms with Crippen molar-refractivity contribution in [3.05, 3.63) is 51.8 Å². The lowest BCUT2D eigenvalue weighted by Crippen LogP contribution is -2.11. The first kappa shape index (κ1) is 13.2. The maximum absolute atomic E-state index is 13.2. The van der Waals surface area contributed by atoms with Crippen LogP contribution in [0.5, 0.6) is 0 Å². The summed E-state index contributed by atoms with van der Waals surface area (Å²) >= 11 is 0. The van der Waals surface area contributed by atoms with E-state index in [-0.39, 0.29) is 11.3 Å². The molecule has 0 atom stereocenters. The van der Waals surface area contributed by atoms with Gasteiger partial charge in [-0.3, -0.25) is 4.79 Å². The summed E-state index contributed by atoms with van der Waals surface area (Å²) in [6.07, 6.45) is -5.02. The number of benzene rings is 1. The van der Waals surface area contributed by atoms with E-state index in [1.807, 2.05) is 5.10 Å². The molecule has 0 fully saturated rings. The highest BCUT2D eigenvalue weighted by atomic mass is 19.4. The molecule has 1 N–H and O–H groups in total. The van der Waals surface area contributed by atoms with Gasteiger partial charge in [-0.05, 0) is 18.2 Å². The zero-order valence-corrected chi connectivity index (χ0v) is 9.05. The molecule has 0 radical (unpaired) electrons. The molecule has 19 heavy (non-hydrogen) atoms. The smallest absolute Gasteiger partial charge is 0.268 e. The molecular weight excluding hydrogens is 271 g/mol. The first-order valence-corrected chi connectivity index (χ1v) is 4.91. The van der Waals surface area contributed by atoms with Crippen molar-refractivity contribution in [1.29, 1.82) is 0 Å². The molecule has 0 bridgehead atoms. The molecule has 2 rings (SSSR count). The second-order valence-corrected chi connectivity index (χ2v) is 3.62. The van der Waals surface area contributed by atoms with Crippen molar-refractivity contribution in [3.63, 3.8) is 0 Å². The predicted molar refractivity (Wildman–Crippen MR) is 55.2 cm³/mol. The Hall–Kier alpha value is -2.25. The maximum Gasteiger partial charge on any atom is 0.419 e. The highest BCUT2D eigenvalue weighted by Gasteiger charge is 2.36. The Morgan fingerprint density at radius 1 is 1.11 bits per heavy atom. The molecule has 0 saturated carbocycles. The van der Waals surface area contributed by atoms with E-state index in [1.54, 1.807) is 0 Å². The summed E-state index contributed by atoms with van der Waals surface area (Å²) in [4.78, 5) is 10.8. The van der Waals surface area contributed by atoms with Gasteiger partial charge in [-0.25, -0.2) is 13.9 Å². The van der Waals surface area contributed by atoms with Crippen LogP contribution in [0.4, 0.5) is 22.0 Å². The third-order valence-corrected chi connectivity index (χ3v) is 2.31. The van der Waals surface area contributed by atoms with E-state index in [4.69, 9.17) is 0 Å². The van der Waals surface area contributed by atoms with Crippen molar-refractivity contribution in [2.45, 2.75) is 6.18 Å². The molecule has 8 heteroatoms. The van der Waals surface area contributed by atoms with Crippen LogP contribution in [-0.4, -0.2) is 10.2 Å². The Balaban J connectivity index is 2.63. The highest BCUT2D eigenvalue weighted by molar-refractivity contribution is 5.60. The number of hydrogen-bond donors (Lipinski definition) is 1. The van der Waals surface area contributed by atoms with Gasteiger partial charge in [0.25, 0.3) is 5.56 Å². The van der Waals surface area contributed by atoms with E-state index < -0.39 is 28.9 Å². The van der Waals surface area contributed by atoms with Gasteiger partial charge in [-0.15, -0.1) is 0 Å². The number of halogens is 5. The quantitative estimate of drug-likeness (QED) is 0.814. The van der Waals surface area contributed by atoms with Crippen LogP contribution in [0.3, 0.4) is 0 Å². The fourth-order valence-electron chi connectivity index (χ4n) is 1.45. The van der Waals surface area contributed by atoms with E-state index in [9.17, 15) is 26.7 Å². The van der Waals surface area contributed by atoms with Crippen molar-refractivity contribution >= 4 is 0 Å². The van der Waals surface area contributed by atoms with Crippen LogP contribution in [-0.2, 0) is 6.18 Å². The van der Waals surface area contributed by atoms with Crippen LogP contribution in [0, 0.1) is 11.6 Å². The Morgan fingerprint density at radius 3 is 2.32 bits per heavy atom. The lowest BCUT2D eigenvalue weighted by atomic mass is 10.1. The van der Waals surface area contributed by atoms with E-state index in [0.717, 1.165) is 12.1 Å².